The molecule has 0 aliphatic rings. The smallest absolute Gasteiger partial charge is 0.132 e. The molecule has 4 heteroatoms. The summed E-state index contributed by atoms with van der Waals surface area (Å²) in [5, 5.41) is 1.20. The first-order chi connectivity index (χ1) is 13.1. The molecule has 0 atom stereocenters. The highest BCUT2D eigenvalue weighted by Crippen LogP contribution is 2.10. The summed E-state index contributed by atoms with van der Waals surface area (Å²) >= 11 is 0. The van der Waals surface area contributed by atoms with Crippen LogP contribution in [0, 0.1) is 0 Å². The second-order valence-electron chi connectivity index (χ2n) is 6.56. The molecular weight excluding hydrogens is 334 g/mol. The molecule has 0 bridgehead atoms. The van der Waals surface area contributed by atoms with Gasteiger partial charge >= 0.3 is 0 Å². The van der Waals surface area contributed by atoms with E-state index in [0.29, 0.717) is 12.2 Å². The van der Waals surface area contributed by atoms with Gasteiger partial charge in [0.2, 0.25) is 0 Å². The molecular formula is C23H40N3O+. The quantitative estimate of drug-likeness (QED) is 0.505. The van der Waals surface area contributed by atoms with Gasteiger partial charge in [-0.25, -0.2) is 0 Å². The number of pyridine rings is 1. The zero-order valence-corrected chi connectivity index (χ0v) is 18.1. The third kappa shape index (κ3) is 9.64. The molecule has 0 spiro atoms. The van der Waals surface area contributed by atoms with Crippen molar-refractivity contribution in [1.82, 2.24) is 4.98 Å². The van der Waals surface area contributed by atoms with E-state index in [1.165, 1.54) is 49.5 Å². The molecule has 2 rings (SSSR count). The summed E-state index contributed by atoms with van der Waals surface area (Å²) in [4.78, 5) is 15.3. The van der Waals surface area contributed by atoms with Gasteiger partial charge in [0.05, 0.1) is 31.7 Å². The molecule has 2 N–H and O–H groups in total. The maximum absolute atomic E-state index is 11.1. The Morgan fingerprint density at radius 1 is 0.926 bits per heavy atom. The normalized spacial score (nSPS) is 10.4. The first kappa shape index (κ1) is 25.2. The van der Waals surface area contributed by atoms with Gasteiger partial charge in [-0.2, -0.15) is 0 Å². The van der Waals surface area contributed by atoms with E-state index >= 15 is 0 Å². The number of benzene rings is 1. The molecule has 0 saturated carbocycles. The highest BCUT2D eigenvalue weighted by molar-refractivity contribution is 5.78. The van der Waals surface area contributed by atoms with Crippen LogP contribution in [-0.2, 0) is 4.79 Å². The van der Waals surface area contributed by atoms with E-state index in [9.17, 15) is 4.79 Å². The van der Waals surface area contributed by atoms with E-state index < -0.39 is 0 Å². The number of nitrogens with two attached hydrogens (primary N) is 1. The molecule has 27 heavy (non-hydrogen) atoms. The van der Waals surface area contributed by atoms with Crippen molar-refractivity contribution in [3.05, 3.63) is 42.6 Å². The number of nitrogens with zero attached hydrogens (tertiary/aromatic N) is 2. The third-order valence-corrected chi connectivity index (χ3v) is 5.26. The van der Waals surface area contributed by atoms with Crippen LogP contribution >= 0.6 is 0 Å². The van der Waals surface area contributed by atoms with Crippen LogP contribution in [0.1, 0.15) is 53.4 Å². The maximum atomic E-state index is 11.1. The number of para-hydroxylation sites is 1. The van der Waals surface area contributed by atoms with E-state index in [0.717, 1.165) is 18.4 Å². The van der Waals surface area contributed by atoms with Crippen molar-refractivity contribution in [3.63, 3.8) is 0 Å². The summed E-state index contributed by atoms with van der Waals surface area (Å²) in [7, 11) is 1.50. The number of carbonyl (C=O) groups is 1. The third-order valence-electron chi connectivity index (χ3n) is 5.26. The van der Waals surface area contributed by atoms with Gasteiger partial charge in [0, 0.05) is 24.4 Å². The summed E-state index contributed by atoms with van der Waals surface area (Å²) in [6, 6.07) is 12.1. The molecule has 0 aliphatic heterocycles. The van der Waals surface area contributed by atoms with E-state index in [1.54, 1.807) is 0 Å². The van der Waals surface area contributed by atoms with Crippen molar-refractivity contribution in [3.8, 4) is 0 Å². The Bertz CT molecular complexity index is 550. The largest absolute Gasteiger partial charge is 0.333 e. The summed E-state index contributed by atoms with van der Waals surface area (Å²) < 4.78 is 1.21. The minimum absolute atomic E-state index is 0.414. The fraction of sp³-hybridized carbons (Fsp3) is 0.565. The van der Waals surface area contributed by atoms with E-state index in [1.807, 2.05) is 37.4 Å². The average Bonchev–Trinajstić information content (AvgIpc) is 2.76. The van der Waals surface area contributed by atoms with Gasteiger partial charge < -0.3 is 10.2 Å². The number of rotatable bonds is 9. The summed E-state index contributed by atoms with van der Waals surface area (Å²) in [6.45, 7) is 13.6. The summed E-state index contributed by atoms with van der Waals surface area (Å²) in [6.07, 6.45) is 5.57. The Balaban J connectivity index is 0.000000482. The van der Waals surface area contributed by atoms with Crippen LogP contribution in [-0.4, -0.2) is 48.5 Å². The Morgan fingerprint density at radius 3 is 2.07 bits per heavy atom. The first-order valence-corrected chi connectivity index (χ1v) is 10.3. The fourth-order valence-corrected chi connectivity index (χ4v) is 3.11. The minimum Gasteiger partial charge on any atom is -0.333 e. The summed E-state index contributed by atoms with van der Waals surface area (Å²) in [5.41, 5.74) is 5.56. The lowest BCUT2D eigenvalue weighted by Crippen LogP contribution is -2.48. The van der Waals surface area contributed by atoms with Crippen LogP contribution in [0.3, 0.4) is 0 Å². The molecule has 4 nitrogen and oxygen atoms in total. The van der Waals surface area contributed by atoms with Crippen LogP contribution in [0.25, 0.3) is 10.9 Å². The number of quaternary nitrogens is 1. The number of unbranched alkanes of at least 4 members (excludes halogenated alkanes) is 1. The van der Waals surface area contributed by atoms with Gasteiger partial charge in [-0.3, -0.25) is 9.78 Å². The average molecular weight is 375 g/mol. The SMILES string of the molecule is CCC(=O)CCCC[N+](CC)(CC)CC.CN.c1ccc2ncccc2c1. The zero-order valence-electron chi connectivity index (χ0n) is 18.1. The molecule has 1 aromatic carbocycles. The molecule has 0 aliphatic carbocycles. The van der Waals surface area contributed by atoms with E-state index in [2.05, 4.69) is 43.6 Å². The topological polar surface area (TPSA) is 56.0 Å². The Morgan fingerprint density at radius 2 is 1.52 bits per heavy atom. The van der Waals surface area contributed by atoms with Crippen LogP contribution in [0.15, 0.2) is 42.6 Å². The van der Waals surface area contributed by atoms with Crippen molar-refractivity contribution in [1.29, 1.82) is 0 Å². The van der Waals surface area contributed by atoms with Crippen molar-refractivity contribution < 1.29 is 9.28 Å². The molecule has 2 aromatic rings. The first-order valence-electron chi connectivity index (χ1n) is 10.3. The molecule has 0 saturated heterocycles. The van der Waals surface area contributed by atoms with Gasteiger partial charge in [0.25, 0.3) is 0 Å². The zero-order chi connectivity index (χ0) is 20.5. The second-order valence-corrected chi connectivity index (χ2v) is 6.56. The molecule has 1 aromatic heterocycles. The molecule has 0 radical (unpaired) electrons. The van der Waals surface area contributed by atoms with Crippen LogP contribution < -0.4 is 5.73 Å². The lowest BCUT2D eigenvalue weighted by Gasteiger charge is -2.35. The lowest BCUT2D eigenvalue weighted by atomic mass is 10.1. The molecule has 0 fully saturated rings. The number of ketones is 1. The highest BCUT2D eigenvalue weighted by atomic mass is 16.1. The second kappa shape index (κ2) is 15.3. The van der Waals surface area contributed by atoms with Crippen LogP contribution in [0.2, 0.25) is 0 Å². The van der Waals surface area contributed by atoms with Gasteiger partial charge in [-0.1, -0.05) is 31.2 Å². The number of aromatic nitrogens is 1. The van der Waals surface area contributed by atoms with Gasteiger partial charge in [0.1, 0.15) is 5.78 Å². The summed E-state index contributed by atoms with van der Waals surface area (Å²) in [5.74, 6) is 0.414. The number of fused-ring (bicyclic) bond motifs is 1. The Hall–Kier alpha value is -1.78. The Labute approximate surface area is 166 Å². The van der Waals surface area contributed by atoms with Gasteiger partial charge in [0.15, 0.2) is 0 Å². The van der Waals surface area contributed by atoms with Crippen molar-refractivity contribution >= 4 is 16.7 Å². The van der Waals surface area contributed by atoms with Gasteiger partial charge in [-0.15, -0.1) is 0 Å². The predicted molar refractivity (Wildman–Crippen MR) is 118 cm³/mol. The van der Waals surface area contributed by atoms with Crippen molar-refractivity contribution in [2.24, 2.45) is 5.73 Å². The number of carbonyl (C=O) groups excluding carboxylic acids is 1. The molecule has 152 valence electrons. The maximum Gasteiger partial charge on any atom is 0.132 e. The molecule has 0 unspecified atom stereocenters. The van der Waals surface area contributed by atoms with Crippen LogP contribution in [0.5, 0.6) is 0 Å². The number of hydrogen-bond donors (Lipinski definition) is 1. The van der Waals surface area contributed by atoms with E-state index in [-0.39, 0.29) is 0 Å². The minimum atomic E-state index is 0.414. The molecule has 0 amide bonds. The monoisotopic (exact) mass is 374 g/mol. The van der Waals surface area contributed by atoms with E-state index in [4.69, 9.17) is 0 Å². The van der Waals surface area contributed by atoms with Crippen LogP contribution in [0.4, 0.5) is 0 Å². The van der Waals surface area contributed by atoms with Gasteiger partial charge in [-0.05, 0) is 52.8 Å². The fourth-order valence-electron chi connectivity index (χ4n) is 3.11. The Kier molecular flexibility index (Phi) is 14.3. The standard InChI is InChI=1S/C13H28NO.C9H7N.CH5N/c1-5-13(15)11-9-10-12-14(6-2,7-3)8-4;1-2-6-9-8(4-1)5-3-7-10-9;1-2/h5-12H2,1-4H3;1-7H;2H2,1H3/q+1;;. The predicted octanol–water partition coefficient (Wildman–Crippen LogP) is 4.82. The number of hydrogen-bond acceptors (Lipinski definition) is 3. The lowest BCUT2D eigenvalue weighted by molar-refractivity contribution is -0.923. The van der Waals surface area contributed by atoms with Crippen molar-refractivity contribution in [2.45, 2.75) is 53.4 Å². The highest BCUT2D eigenvalue weighted by Gasteiger charge is 2.19. The molecule has 1 heterocycles. The van der Waals surface area contributed by atoms with Crippen molar-refractivity contribution in [2.75, 3.05) is 33.2 Å². The number of Topliss-reactive ketones (excluding diaryl/α,β-unsaturated/α-hetero) is 1.